The van der Waals surface area contributed by atoms with Gasteiger partial charge < -0.3 is 15.4 Å². The van der Waals surface area contributed by atoms with Gasteiger partial charge in [0.15, 0.2) is 5.82 Å². The number of thiophene rings is 1. The summed E-state index contributed by atoms with van der Waals surface area (Å²) in [5.41, 5.74) is 3.58. The molecule has 0 saturated carbocycles. The van der Waals surface area contributed by atoms with Crippen molar-refractivity contribution in [2.75, 3.05) is 18.2 Å². The van der Waals surface area contributed by atoms with Crippen LogP contribution in [0, 0.1) is 0 Å². The minimum Gasteiger partial charge on any atom is -0.497 e. The van der Waals surface area contributed by atoms with Crippen molar-refractivity contribution >= 4 is 39.9 Å². The molecule has 0 unspecified atom stereocenters. The van der Waals surface area contributed by atoms with Crippen LogP contribution in [0.5, 0.6) is 5.75 Å². The lowest BCUT2D eigenvalue weighted by atomic mass is 9.95. The molecule has 8 nitrogen and oxygen atoms in total. The molecule has 0 aliphatic heterocycles. The van der Waals surface area contributed by atoms with Crippen molar-refractivity contribution in [3.8, 4) is 17.1 Å². The lowest BCUT2D eigenvalue weighted by molar-refractivity contribution is -0.113. The van der Waals surface area contributed by atoms with Crippen LogP contribution in [0.1, 0.15) is 39.2 Å². The Bertz CT molecular complexity index is 1380. The number of amides is 2. The van der Waals surface area contributed by atoms with Crippen molar-refractivity contribution < 1.29 is 14.3 Å². The van der Waals surface area contributed by atoms with Gasteiger partial charge in [0, 0.05) is 17.0 Å². The van der Waals surface area contributed by atoms with E-state index in [-0.39, 0.29) is 17.6 Å². The Morgan fingerprint density at radius 3 is 2.65 bits per heavy atom. The zero-order valence-corrected chi connectivity index (χ0v) is 22.0. The van der Waals surface area contributed by atoms with E-state index < -0.39 is 0 Å². The van der Waals surface area contributed by atoms with Crippen molar-refractivity contribution in [1.29, 1.82) is 0 Å². The second-order valence-corrected chi connectivity index (χ2v) is 10.7. The Morgan fingerprint density at radius 1 is 1.08 bits per heavy atom. The van der Waals surface area contributed by atoms with Crippen molar-refractivity contribution in [2.24, 2.45) is 0 Å². The van der Waals surface area contributed by atoms with Crippen LogP contribution in [0.4, 0.5) is 5.00 Å². The lowest BCUT2D eigenvalue weighted by Crippen LogP contribution is -2.25. The van der Waals surface area contributed by atoms with Crippen LogP contribution in [0.3, 0.4) is 0 Å². The highest BCUT2D eigenvalue weighted by Gasteiger charge is 2.26. The molecule has 5 rings (SSSR count). The van der Waals surface area contributed by atoms with Gasteiger partial charge in [-0.3, -0.25) is 14.7 Å². The monoisotopic (exact) mass is 533 g/mol. The molecule has 1 aliphatic rings. The standard InChI is InChI=1S/C27H27N5O3S2/c1-35-19-13-11-18(12-14-19)24-30-27(32-31-24)36-16-22(33)29-26-23(20-9-5-6-10-21(20)37-26)25(34)28-15-17-7-3-2-4-8-17/h2-4,7-8,11-14H,5-6,9-10,15-16H2,1H3,(H,28,34)(H,29,33)(H,30,31,32). The summed E-state index contributed by atoms with van der Waals surface area (Å²) in [4.78, 5) is 31.8. The second-order valence-electron chi connectivity index (χ2n) is 8.62. The molecule has 2 aromatic heterocycles. The second kappa shape index (κ2) is 11.6. The van der Waals surface area contributed by atoms with E-state index in [9.17, 15) is 9.59 Å². The van der Waals surface area contributed by atoms with Gasteiger partial charge >= 0.3 is 0 Å². The topological polar surface area (TPSA) is 109 Å². The maximum Gasteiger partial charge on any atom is 0.254 e. The fraction of sp³-hybridized carbons (Fsp3) is 0.259. The van der Waals surface area contributed by atoms with Crippen LogP contribution < -0.4 is 15.4 Å². The molecule has 0 spiro atoms. The van der Waals surface area contributed by atoms with E-state index >= 15 is 0 Å². The van der Waals surface area contributed by atoms with Gasteiger partial charge in [-0.15, -0.1) is 16.4 Å². The van der Waals surface area contributed by atoms with Crippen LogP contribution in [-0.4, -0.2) is 39.9 Å². The van der Waals surface area contributed by atoms with E-state index in [0.29, 0.717) is 28.1 Å². The van der Waals surface area contributed by atoms with Crippen LogP contribution in [-0.2, 0) is 24.2 Å². The summed E-state index contributed by atoms with van der Waals surface area (Å²) in [6.45, 7) is 0.439. The van der Waals surface area contributed by atoms with E-state index in [4.69, 9.17) is 4.74 Å². The molecule has 2 amide bonds. The third-order valence-corrected chi connectivity index (χ3v) is 8.16. The van der Waals surface area contributed by atoms with Gasteiger partial charge in [0.1, 0.15) is 10.8 Å². The number of anilines is 1. The van der Waals surface area contributed by atoms with E-state index in [1.165, 1.54) is 28.0 Å². The smallest absolute Gasteiger partial charge is 0.254 e. The molecule has 4 aromatic rings. The van der Waals surface area contributed by atoms with Crippen LogP contribution in [0.15, 0.2) is 59.8 Å². The number of H-pyrrole nitrogens is 1. The minimum atomic E-state index is -0.198. The number of rotatable bonds is 9. The third-order valence-electron chi connectivity index (χ3n) is 6.11. The quantitative estimate of drug-likeness (QED) is 0.259. The molecular weight excluding hydrogens is 506 g/mol. The van der Waals surface area contributed by atoms with Gasteiger partial charge in [-0.25, -0.2) is 4.98 Å². The Morgan fingerprint density at radius 2 is 1.86 bits per heavy atom. The van der Waals surface area contributed by atoms with Crippen molar-refractivity contribution in [3.63, 3.8) is 0 Å². The highest BCUT2D eigenvalue weighted by molar-refractivity contribution is 7.99. The van der Waals surface area contributed by atoms with Gasteiger partial charge in [0.2, 0.25) is 11.1 Å². The summed E-state index contributed by atoms with van der Waals surface area (Å²) in [7, 11) is 1.62. The van der Waals surface area contributed by atoms with E-state index in [1.807, 2.05) is 54.6 Å². The number of carbonyl (C=O) groups is 2. The fourth-order valence-corrected chi connectivity index (χ4v) is 6.14. The summed E-state index contributed by atoms with van der Waals surface area (Å²) in [5, 5.41) is 14.2. The maximum atomic E-state index is 13.2. The zero-order chi connectivity index (χ0) is 25.6. The first kappa shape index (κ1) is 25.0. The summed E-state index contributed by atoms with van der Waals surface area (Å²) in [5.74, 6) is 1.17. The molecular formula is C27H27N5O3S2. The number of aryl methyl sites for hydroxylation is 1. The Balaban J connectivity index is 1.23. The largest absolute Gasteiger partial charge is 0.497 e. The summed E-state index contributed by atoms with van der Waals surface area (Å²) >= 11 is 2.76. The molecule has 37 heavy (non-hydrogen) atoms. The van der Waals surface area contributed by atoms with Crippen molar-refractivity contribution in [3.05, 3.63) is 76.2 Å². The SMILES string of the molecule is COc1ccc(-c2nc(SCC(=O)Nc3sc4c(c3C(=O)NCc3ccccc3)CCCC4)n[nH]2)cc1. The van der Waals surface area contributed by atoms with Gasteiger partial charge in [-0.1, -0.05) is 42.1 Å². The number of hydrogen-bond donors (Lipinski definition) is 3. The molecule has 3 N–H and O–H groups in total. The maximum absolute atomic E-state index is 13.2. The number of benzene rings is 2. The zero-order valence-electron chi connectivity index (χ0n) is 20.4. The predicted molar refractivity (Wildman–Crippen MR) is 146 cm³/mol. The van der Waals surface area contributed by atoms with E-state index in [0.717, 1.165) is 48.1 Å². The Labute approximate surface area is 223 Å². The molecule has 0 saturated heterocycles. The highest BCUT2D eigenvalue weighted by atomic mass is 32.2. The highest BCUT2D eigenvalue weighted by Crippen LogP contribution is 2.38. The molecule has 2 heterocycles. The van der Waals surface area contributed by atoms with E-state index in [1.54, 1.807) is 7.11 Å². The molecule has 190 valence electrons. The molecule has 0 radical (unpaired) electrons. The molecule has 0 atom stereocenters. The predicted octanol–water partition coefficient (Wildman–Crippen LogP) is 5.08. The average molecular weight is 534 g/mol. The number of aromatic nitrogens is 3. The molecule has 1 aliphatic carbocycles. The minimum absolute atomic E-state index is 0.132. The van der Waals surface area contributed by atoms with Crippen LogP contribution in [0.2, 0.25) is 0 Å². The number of nitrogens with zero attached hydrogens (tertiary/aromatic N) is 2. The lowest BCUT2D eigenvalue weighted by Gasteiger charge is -2.13. The Kier molecular flexibility index (Phi) is 7.86. The van der Waals surface area contributed by atoms with E-state index in [2.05, 4.69) is 25.8 Å². The van der Waals surface area contributed by atoms with Gasteiger partial charge in [-0.2, -0.15) is 0 Å². The molecule has 2 aromatic carbocycles. The summed E-state index contributed by atoms with van der Waals surface area (Å²) in [6.07, 6.45) is 3.95. The number of fused-ring (bicyclic) bond motifs is 1. The number of hydrogen-bond acceptors (Lipinski definition) is 7. The van der Waals surface area contributed by atoms with Crippen LogP contribution >= 0.6 is 23.1 Å². The average Bonchev–Trinajstić information content (AvgIpc) is 3.56. The molecule has 10 heteroatoms. The first-order valence-electron chi connectivity index (χ1n) is 12.1. The number of methoxy groups -OCH3 is 1. The number of aromatic amines is 1. The summed E-state index contributed by atoms with van der Waals surface area (Å²) in [6, 6.07) is 17.3. The number of thioether (sulfide) groups is 1. The van der Waals surface area contributed by atoms with Crippen molar-refractivity contribution in [2.45, 2.75) is 37.4 Å². The van der Waals surface area contributed by atoms with Crippen LogP contribution in [0.25, 0.3) is 11.4 Å². The number of nitrogens with one attached hydrogen (secondary N) is 3. The normalized spacial score (nSPS) is 12.6. The Hall–Kier alpha value is -3.63. The molecule has 0 fully saturated rings. The fourth-order valence-electron chi connectivity index (χ4n) is 4.24. The third kappa shape index (κ3) is 6.03. The van der Waals surface area contributed by atoms with Gasteiger partial charge in [0.05, 0.1) is 18.4 Å². The van der Waals surface area contributed by atoms with Crippen molar-refractivity contribution in [1.82, 2.24) is 20.5 Å². The first-order valence-corrected chi connectivity index (χ1v) is 13.9. The molecule has 0 bridgehead atoms. The first-order chi connectivity index (χ1) is 18.1. The van der Waals surface area contributed by atoms with Gasteiger partial charge in [-0.05, 0) is 61.1 Å². The summed E-state index contributed by atoms with van der Waals surface area (Å²) < 4.78 is 5.19. The van der Waals surface area contributed by atoms with Gasteiger partial charge in [0.25, 0.3) is 5.91 Å². The number of ether oxygens (including phenoxy) is 1. The number of carbonyl (C=O) groups excluding carboxylic acids is 2.